The van der Waals surface area contributed by atoms with Crippen molar-refractivity contribution in [1.82, 2.24) is 4.90 Å². The van der Waals surface area contributed by atoms with Gasteiger partial charge in [0.05, 0.1) is 12.7 Å². The topological polar surface area (TPSA) is 55.6 Å². The van der Waals surface area contributed by atoms with Crippen molar-refractivity contribution < 1.29 is 9.53 Å². The van der Waals surface area contributed by atoms with Gasteiger partial charge in [-0.25, -0.2) is 0 Å². The Labute approximate surface area is 98.1 Å². The van der Waals surface area contributed by atoms with E-state index in [1.54, 1.807) is 0 Å². The van der Waals surface area contributed by atoms with Gasteiger partial charge in [0.2, 0.25) is 5.91 Å². The van der Waals surface area contributed by atoms with E-state index in [4.69, 9.17) is 10.5 Å². The van der Waals surface area contributed by atoms with Crippen LogP contribution in [0.2, 0.25) is 0 Å². The van der Waals surface area contributed by atoms with Crippen LogP contribution >= 0.6 is 0 Å². The third-order valence-electron chi connectivity index (χ3n) is 3.20. The van der Waals surface area contributed by atoms with Gasteiger partial charge in [-0.2, -0.15) is 0 Å². The molecule has 0 aromatic rings. The molecule has 0 aliphatic carbocycles. The van der Waals surface area contributed by atoms with Crippen molar-refractivity contribution >= 4 is 5.91 Å². The van der Waals surface area contributed by atoms with Crippen molar-refractivity contribution in [3.8, 4) is 0 Å². The highest BCUT2D eigenvalue weighted by Crippen LogP contribution is 2.12. The lowest BCUT2D eigenvalue weighted by molar-refractivity contribution is -0.139. The summed E-state index contributed by atoms with van der Waals surface area (Å²) in [4.78, 5) is 13.8. The van der Waals surface area contributed by atoms with E-state index < -0.39 is 0 Å². The average molecular weight is 228 g/mol. The van der Waals surface area contributed by atoms with Crippen molar-refractivity contribution in [3.05, 3.63) is 0 Å². The number of carbonyl (C=O) groups is 1. The molecule has 0 bridgehead atoms. The molecule has 1 heterocycles. The smallest absolute Gasteiger partial charge is 0.222 e. The first kappa shape index (κ1) is 13.5. The molecule has 1 amide bonds. The lowest BCUT2D eigenvalue weighted by Crippen LogP contribution is -2.45. The van der Waals surface area contributed by atoms with E-state index in [-0.39, 0.29) is 12.0 Å². The summed E-state index contributed by atoms with van der Waals surface area (Å²) in [6, 6.07) is 0. The number of hydrogen-bond acceptors (Lipinski definition) is 3. The number of nitrogens with zero attached hydrogens (tertiary/aromatic N) is 1. The van der Waals surface area contributed by atoms with E-state index >= 15 is 0 Å². The predicted molar refractivity (Wildman–Crippen MR) is 64.1 cm³/mol. The molecule has 1 fully saturated rings. The summed E-state index contributed by atoms with van der Waals surface area (Å²) in [5.41, 5.74) is 5.54. The maximum Gasteiger partial charge on any atom is 0.222 e. The second kappa shape index (κ2) is 6.86. The summed E-state index contributed by atoms with van der Waals surface area (Å²) >= 11 is 0. The predicted octanol–water partition coefficient (Wildman–Crippen LogP) is 0.999. The highest BCUT2D eigenvalue weighted by Gasteiger charge is 2.22. The lowest BCUT2D eigenvalue weighted by atomic mass is 10.1. The second-order valence-corrected chi connectivity index (χ2v) is 4.62. The summed E-state index contributed by atoms with van der Waals surface area (Å²) in [5.74, 6) is 0.689. The largest absolute Gasteiger partial charge is 0.375 e. The number of nitrogens with two attached hydrogens (primary N) is 1. The van der Waals surface area contributed by atoms with Crippen LogP contribution in [-0.4, -0.2) is 43.2 Å². The molecular formula is C12H24N2O2. The highest BCUT2D eigenvalue weighted by atomic mass is 16.5. The van der Waals surface area contributed by atoms with Gasteiger partial charge in [0.25, 0.3) is 0 Å². The first-order valence-electron chi connectivity index (χ1n) is 6.26. The summed E-state index contributed by atoms with van der Waals surface area (Å²) < 4.78 is 5.54. The van der Waals surface area contributed by atoms with Gasteiger partial charge in [-0.05, 0) is 25.3 Å². The zero-order chi connectivity index (χ0) is 12.0. The van der Waals surface area contributed by atoms with Crippen LogP contribution in [0, 0.1) is 5.92 Å². The molecule has 1 aliphatic rings. The van der Waals surface area contributed by atoms with Gasteiger partial charge in [0.1, 0.15) is 0 Å². The Morgan fingerprint density at radius 3 is 3.00 bits per heavy atom. The zero-order valence-electron chi connectivity index (χ0n) is 10.4. The van der Waals surface area contributed by atoms with Crippen LogP contribution < -0.4 is 5.73 Å². The van der Waals surface area contributed by atoms with Crippen LogP contribution in [0.3, 0.4) is 0 Å². The van der Waals surface area contributed by atoms with E-state index in [2.05, 4.69) is 13.8 Å². The van der Waals surface area contributed by atoms with E-state index in [1.165, 1.54) is 0 Å². The molecule has 0 aromatic carbocycles. The van der Waals surface area contributed by atoms with Crippen molar-refractivity contribution in [3.63, 3.8) is 0 Å². The lowest BCUT2D eigenvalue weighted by Gasteiger charge is -2.32. The van der Waals surface area contributed by atoms with E-state index in [9.17, 15) is 4.79 Å². The maximum atomic E-state index is 11.9. The van der Waals surface area contributed by atoms with Gasteiger partial charge >= 0.3 is 0 Å². The molecule has 0 radical (unpaired) electrons. The number of carbonyl (C=O) groups excluding carboxylic acids is 1. The Hall–Kier alpha value is -0.610. The molecule has 16 heavy (non-hydrogen) atoms. The van der Waals surface area contributed by atoms with Crippen LogP contribution in [-0.2, 0) is 9.53 Å². The van der Waals surface area contributed by atoms with Crippen LogP contribution in [0.25, 0.3) is 0 Å². The molecule has 0 aromatic heterocycles. The van der Waals surface area contributed by atoms with Crippen LogP contribution in [0.4, 0.5) is 0 Å². The third kappa shape index (κ3) is 4.10. The number of hydrogen-bond donors (Lipinski definition) is 1. The first-order chi connectivity index (χ1) is 7.67. The molecule has 2 atom stereocenters. The molecule has 94 valence electrons. The number of morpholine rings is 1. The molecule has 2 unspecified atom stereocenters. The molecule has 1 aliphatic heterocycles. The molecule has 2 N–H and O–H groups in total. The standard InChI is InChI=1S/C12H24N2O2/c1-3-11-9-14(6-7-16-11)12(15)5-4-10(2)8-13/h10-11H,3-9,13H2,1-2H3. The number of amides is 1. The summed E-state index contributed by atoms with van der Waals surface area (Å²) in [7, 11) is 0. The summed E-state index contributed by atoms with van der Waals surface area (Å²) in [6.45, 7) is 7.01. The quantitative estimate of drug-likeness (QED) is 0.763. The Morgan fingerprint density at radius 2 is 2.38 bits per heavy atom. The summed E-state index contributed by atoms with van der Waals surface area (Å²) in [6.07, 6.45) is 2.71. The fourth-order valence-corrected chi connectivity index (χ4v) is 1.84. The van der Waals surface area contributed by atoms with Gasteiger partial charge in [-0.15, -0.1) is 0 Å². The molecule has 4 heteroatoms. The van der Waals surface area contributed by atoms with Gasteiger partial charge in [0.15, 0.2) is 0 Å². The molecule has 1 rings (SSSR count). The first-order valence-corrected chi connectivity index (χ1v) is 6.26. The maximum absolute atomic E-state index is 11.9. The average Bonchev–Trinajstić information content (AvgIpc) is 2.35. The second-order valence-electron chi connectivity index (χ2n) is 4.62. The molecule has 4 nitrogen and oxygen atoms in total. The molecular weight excluding hydrogens is 204 g/mol. The van der Waals surface area contributed by atoms with Crippen molar-refractivity contribution in [2.75, 3.05) is 26.2 Å². The van der Waals surface area contributed by atoms with E-state index in [0.29, 0.717) is 25.5 Å². The minimum atomic E-state index is 0.227. The SMILES string of the molecule is CCC1CN(C(=O)CCC(C)CN)CCO1. The van der Waals surface area contributed by atoms with Crippen molar-refractivity contribution in [1.29, 1.82) is 0 Å². The van der Waals surface area contributed by atoms with Gasteiger partial charge in [-0.3, -0.25) is 4.79 Å². The van der Waals surface area contributed by atoms with Crippen LogP contribution in [0.5, 0.6) is 0 Å². The minimum Gasteiger partial charge on any atom is -0.375 e. The van der Waals surface area contributed by atoms with Crippen molar-refractivity contribution in [2.24, 2.45) is 11.7 Å². The summed E-state index contributed by atoms with van der Waals surface area (Å²) in [5, 5.41) is 0. The van der Waals surface area contributed by atoms with Gasteiger partial charge < -0.3 is 15.4 Å². The van der Waals surface area contributed by atoms with Crippen LogP contribution in [0.1, 0.15) is 33.1 Å². The minimum absolute atomic E-state index is 0.227. The van der Waals surface area contributed by atoms with Crippen molar-refractivity contribution in [2.45, 2.75) is 39.2 Å². The Bertz CT molecular complexity index is 221. The molecule has 0 spiro atoms. The third-order valence-corrected chi connectivity index (χ3v) is 3.20. The fourth-order valence-electron chi connectivity index (χ4n) is 1.84. The number of ether oxygens (including phenoxy) is 1. The number of rotatable bonds is 5. The van der Waals surface area contributed by atoms with Gasteiger partial charge in [0, 0.05) is 19.5 Å². The van der Waals surface area contributed by atoms with Gasteiger partial charge in [-0.1, -0.05) is 13.8 Å². The Kier molecular flexibility index (Phi) is 5.77. The molecule has 1 saturated heterocycles. The Balaban J connectivity index is 2.30. The van der Waals surface area contributed by atoms with E-state index in [1.807, 2.05) is 4.90 Å². The normalized spacial score (nSPS) is 23.2. The highest BCUT2D eigenvalue weighted by molar-refractivity contribution is 5.76. The fraction of sp³-hybridized carbons (Fsp3) is 0.917. The van der Waals surface area contributed by atoms with E-state index in [0.717, 1.165) is 25.9 Å². The van der Waals surface area contributed by atoms with Crippen LogP contribution in [0.15, 0.2) is 0 Å². The zero-order valence-corrected chi connectivity index (χ0v) is 10.4. The molecule has 0 saturated carbocycles. The Morgan fingerprint density at radius 1 is 1.62 bits per heavy atom. The monoisotopic (exact) mass is 228 g/mol.